The van der Waals surface area contributed by atoms with Crippen LogP contribution in [-0.2, 0) is 9.53 Å². The van der Waals surface area contributed by atoms with Crippen LogP contribution < -0.4 is 0 Å². The Kier molecular flexibility index (Phi) is 7.03. The summed E-state index contributed by atoms with van der Waals surface area (Å²) in [5.41, 5.74) is 0. The van der Waals surface area contributed by atoms with Crippen LogP contribution in [0.2, 0.25) is 0 Å². The zero-order chi connectivity index (χ0) is 7.82. The fraction of sp³-hybridized carbons (Fsp3) is 0.714. The fourth-order valence-electron chi connectivity index (χ4n) is 0.455. The summed E-state index contributed by atoms with van der Waals surface area (Å²) in [6, 6.07) is 0. The first-order valence-electron chi connectivity index (χ1n) is 3.32. The van der Waals surface area contributed by atoms with E-state index in [1.165, 1.54) is 0 Å². The molecule has 0 aliphatic carbocycles. The highest BCUT2D eigenvalue weighted by atomic mass is 79.9. The van der Waals surface area contributed by atoms with Crippen LogP contribution >= 0.6 is 15.9 Å². The largest absolute Gasteiger partial charge is 0.466 e. The van der Waals surface area contributed by atoms with Crippen LogP contribution in [0, 0.1) is 6.92 Å². The van der Waals surface area contributed by atoms with Crippen molar-refractivity contribution in [3.8, 4) is 0 Å². The normalized spacial score (nSPS) is 9.40. The molecule has 2 nitrogen and oxygen atoms in total. The topological polar surface area (TPSA) is 26.3 Å². The summed E-state index contributed by atoms with van der Waals surface area (Å²) in [6.45, 7) is 3.93. The lowest BCUT2D eigenvalue weighted by Crippen LogP contribution is -2.03. The molecular weight excluding hydrogens is 196 g/mol. The van der Waals surface area contributed by atoms with Crippen molar-refractivity contribution in [2.45, 2.75) is 19.3 Å². The number of carbonyl (C=O) groups excluding carboxylic acids is 1. The van der Waals surface area contributed by atoms with Crippen molar-refractivity contribution in [2.75, 3.05) is 11.9 Å². The number of alkyl halides is 1. The van der Waals surface area contributed by atoms with Crippen molar-refractivity contribution in [1.82, 2.24) is 0 Å². The number of esters is 1. The predicted molar refractivity (Wildman–Crippen MR) is 44.0 cm³/mol. The SMILES string of the molecule is [CH2]CC(=O)OCCCCBr. The smallest absolute Gasteiger partial charge is 0.305 e. The van der Waals surface area contributed by atoms with Crippen molar-refractivity contribution < 1.29 is 9.53 Å². The average Bonchev–Trinajstić information content (AvgIpc) is 1.98. The molecule has 0 bridgehead atoms. The molecule has 59 valence electrons. The highest BCUT2D eigenvalue weighted by Crippen LogP contribution is 1.95. The van der Waals surface area contributed by atoms with Crippen LogP contribution in [0.1, 0.15) is 19.3 Å². The van der Waals surface area contributed by atoms with E-state index in [9.17, 15) is 4.79 Å². The molecule has 0 aliphatic rings. The molecule has 0 rings (SSSR count). The molecule has 0 fully saturated rings. The number of ether oxygens (including phenoxy) is 1. The minimum absolute atomic E-state index is 0.213. The Morgan fingerprint density at radius 3 is 2.70 bits per heavy atom. The van der Waals surface area contributed by atoms with Gasteiger partial charge >= 0.3 is 5.97 Å². The van der Waals surface area contributed by atoms with Gasteiger partial charge in [-0.05, 0) is 19.8 Å². The first-order valence-corrected chi connectivity index (χ1v) is 4.44. The summed E-state index contributed by atoms with van der Waals surface area (Å²) < 4.78 is 4.77. The van der Waals surface area contributed by atoms with E-state index in [0.29, 0.717) is 6.61 Å². The van der Waals surface area contributed by atoms with Crippen LogP contribution in [0.15, 0.2) is 0 Å². The van der Waals surface area contributed by atoms with Crippen LogP contribution in [0.5, 0.6) is 0 Å². The predicted octanol–water partition coefficient (Wildman–Crippen LogP) is 1.93. The third-order valence-electron chi connectivity index (χ3n) is 0.995. The Balaban J connectivity index is 2.96. The second-order valence-corrected chi connectivity index (χ2v) is 2.66. The average molecular weight is 208 g/mol. The zero-order valence-electron chi connectivity index (χ0n) is 5.94. The third-order valence-corrected chi connectivity index (χ3v) is 1.56. The van der Waals surface area contributed by atoms with E-state index in [4.69, 9.17) is 4.74 Å². The van der Waals surface area contributed by atoms with Gasteiger partial charge in [0.1, 0.15) is 0 Å². The number of unbranched alkanes of at least 4 members (excludes halogenated alkanes) is 1. The maximum atomic E-state index is 10.5. The van der Waals surface area contributed by atoms with Gasteiger partial charge in [0.25, 0.3) is 0 Å². The van der Waals surface area contributed by atoms with E-state index < -0.39 is 0 Å². The van der Waals surface area contributed by atoms with Gasteiger partial charge in [0.05, 0.1) is 6.61 Å². The van der Waals surface area contributed by atoms with Gasteiger partial charge < -0.3 is 4.74 Å². The Bertz CT molecular complexity index is 93.6. The molecule has 0 atom stereocenters. The van der Waals surface area contributed by atoms with Crippen LogP contribution in [-0.4, -0.2) is 17.9 Å². The Hall–Kier alpha value is -0.0500. The van der Waals surface area contributed by atoms with Gasteiger partial charge in [-0.25, -0.2) is 0 Å². The summed E-state index contributed by atoms with van der Waals surface area (Å²) in [5, 5.41) is 0.967. The molecule has 0 aromatic carbocycles. The lowest BCUT2D eigenvalue weighted by atomic mass is 10.4. The summed E-state index contributed by atoms with van der Waals surface area (Å²) >= 11 is 3.28. The van der Waals surface area contributed by atoms with Crippen molar-refractivity contribution in [2.24, 2.45) is 0 Å². The summed E-state index contributed by atoms with van der Waals surface area (Å²) in [5.74, 6) is -0.213. The van der Waals surface area contributed by atoms with Crippen molar-refractivity contribution >= 4 is 21.9 Å². The van der Waals surface area contributed by atoms with Crippen LogP contribution in [0.3, 0.4) is 0 Å². The van der Waals surface area contributed by atoms with Crippen molar-refractivity contribution in [1.29, 1.82) is 0 Å². The number of hydrogen-bond donors (Lipinski definition) is 0. The molecule has 0 aromatic rings. The molecule has 0 spiro atoms. The van der Waals surface area contributed by atoms with Crippen molar-refractivity contribution in [3.63, 3.8) is 0 Å². The molecule has 0 saturated heterocycles. The quantitative estimate of drug-likeness (QED) is 0.392. The molecule has 0 saturated carbocycles. The number of halogens is 1. The molecule has 0 amide bonds. The Labute approximate surface area is 70.1 Å². The minimum Gasteiger partial charge on any atom is -0.466 e. The van der Waals surface area contributed by atoms with E-state index >= 15 is 0 Å². The van der Waals surface area contributed by atoms with Gasteiger partial charge in [0.2, 0.25) is 0 Å². The fourth-order valence-corrected chi connectivity index (χ4v) is 0.851. The number of hydrogen-bond acceptors (Lipinski definition) is 2. The van der Waals surface area contributed by atoms with Crippen molar-refractivity contribution in [3.05, 3.63) is 6.92 Å². The third kappa shape index (κ3) is 6.08. The van der Waals surface area contributed by atoms with E-state index in [-0.39, 0.29) is 12.4 Å². The second kappa shape index (κ2) is 7.06. The highest BCUT2D eigenvalue weighted by Gasteiger charge is 1.95. The Morgan fingerprint density at radius 1 is 1.50 bits per heavy atom. The molecule has 0 heterocycles. The Morgan fingerprint density at radius 2 is 2.20 bits per heavy atom. The summed E-state index contributed by atoms with van der Waals surface area (Å²) in [4.78, 5) is 10.5. The maximum absolute atomic E-state index is 10.5. The maximum Gasteiger partial charge on any atom is 0.305 e. The number of carbonyl (C=O) groups is 1. The minimum atomic E-state index is -0.213. The van der Waals surface area contributed by atoms with Gasteiger partial charge in [-0.1, -0.05) is 15.9 Å². The van der Waals surface area contributed by atoms with Crippen LogP contribution in [0.4, 0.5) is 0 Å². The first-order chi connectivity index (χ1) is 4.81. The molecule has 1 radical (unpaired) electrons. The molecule has 0 aliphatic heterocycles. The van der Waals surface area contributed by atoms with Gasteiger partial charge in [0.15, 0.2) is 0 Å². The molecular formula is C7H12BrO2. The monoisotopic (exact) mass is 207 g/mol. The summed E-state index contributed by atoms with van der Waals surface area (Å²) in [6.07, 6.45) is 2.20. The van der Waals surface area contributed by atoms with E-state index in [2.05, 4.69) is 22.9 Å². The van der Waals surface area contributed by atoms with Gasteiger partial charge in [0, 0.05) is 11.8 Å². The molecule has 0 aromatic heterocycles. The molecule has 0 unspecified atom stereocenters. The number of rotatable bonds is 5. The zero-order valence-corrected chi connectivity index (χ0v) is 7.52. The lowest BCUT2D eigenvalue weighted by Gasteiger charge is -2.00. The standard InChI is InChI=1S/C7H12BrO2/c1-2-7(9)10-6-4-3-5-8/h1-6H2. The van der Waals surface area contributed by atoms with E-state index in [1.807, 2.05) is 0 Å². The molecule has 10 heavy (non-hydrogen) atoms. The lowest BCUT2D eigenvalue weighted by molar-refractivity contribution is -0.142. The van der Waals surface area contributed by atoms with Crippen LogP contribution in [0.25, 0.3) is 0 Å². The molecule has 0 N–H and O–H groups in total. The van der Waals surface area contributed by atoms with Gasteiger partial charge in [-0.2, -0.15) is 0 Å². The second-order valence-electron chi connectivity index (χ2n) is 1.87. The van der Waals surface area contributed by atoms with Gasteiger partial charge in [-0.15, -0.1) is 0 Å². The summed E-state index contributed by atoms with van der Waals surface area (Å²) in [7, 11) is 0. The first kappa shape index (κ1) is 9.95. The van der Waals surface area contributed by atoms with E-state index in [1.54, 1.807) is 0 Å². The van der Waals surface area contributed by atoms with E-state index in [0.717, 1.165) is 18.2 Å². The van der Waals surface area contributed by atoms with Gasteiger partial charge in [-0.3, -0.25) is 4.79 Å². The highest BCUT2D eigenvalue weighted by molar-refractivity contribution is 9.09. The molecule has 3 heteroatoms.